The van der Waals surface area contributed by atoms with Gasteiger partial charge in [-0.1, -0.05) is 31.5 Å². The van der Waals surface area contributed by atoms with E-state index in [2.05, 4.69) is 25.3 Å². The van der Waals surface area contributed by atoms with Crippen molar-refractivity contribution in [3.05, 3.63) is 53.4 Å². The van der Waals surface area contributed by atoms with E-state index in [0.717, 1.165) is 29.1 Å². The first-order valence-electron chi connectivity index (χ1n) is 13.7. The number of benzene rings is 1. The van der Waals surface area contributed by atoms with Gasteiger partial charge in [0.05, 0.1) is 17.7 Å². The average Bonchev–Trinajstić information content (AvgIpc) is 3.65. The molecule has 1 saturated heterocycles. The molecule has 11 nitrogen and oxygen atoms in total. The molecule has 2 unspecified atom stereocenters. The number of nitrogens with zero attached hydrogens (tertiary/aromatic N) is 1. The lowest BCUT2D eigenvalue weighted by Gasteiger charge is -2.23. The molecule has 3 aromatic rings. The van der Waals surface area contributed by atoms with Gasteiger partial charge in [0.1, 0.15) is 17.0 Å². The number of para-hydroxylation sites is 1. The Labute approximate surface area is 255 Å². The van der Waals surface area contributed by atoms with Gasteiger partial charge in [-0.15, -0.1) is 23.7 Å². The zero-order valence-corrected chi connectivity index (χ0v) is 25.9. The molecule has 1 aliphatic heterocycles. The maximum absolute atomic E-state index is 13.8. The largest absolute Gasteiger partial charge is 0.391 e. The van der Waals surface area contributed by atoms with E-state index in [1.807, 2.05) is 24.4 Å². The topological polar surface area (TPSA) is 159 Å². The number of hydrogen-bond donors (Lipinski definition) is 4. The fourth-order valence-electron chi connectivity index (χ4n) is 4.63. The standard InChI is InChI=1S/C28H35N5O6S2.ClH/c1-3-25(34)32-26-19(23-13-8-16-40-23)9-6-14-24(26)41(37,38)33-22(12-7-11-20-18(2)30-17-31-20)28(36)39-27(35)21-10-4-5-15-29-21;/h6,8-9,13-14,16-17,21-22,29,33H,3-5,7,10-12,15H2,1-2H3,(H,30,31)(H,32,34);1H. The Hall–Kier alpha value is -3.10. The summed E-state index contributed by atoms with van der Waals surface area (Å²) < 4.78 is 35.3. The van der Waals surface area contributed by atoms with Crippen molar-refractivity contribution in [3.8, 4) is 10.4 Å². The van der Waals surface area contributed by atoms with Gasteiger partial charge in [-0.2, -0.15) is 4.72 Å². The number of ether oxygens (including phenoxy) is 1. The minimum Gasteiger partial charge on any atom is -0.391 e. The smallest absolute Gasteiger partial charge is 0.331 e. The highest BCUT2D eigenvalue weighted by Crippen LogP contribution is 2.36. The summed E-state index contributed by atoms with van der Waals surface area (Å²) >= 11 is 1.40. The molecule has 14 heteroatoms. The van der Waals surface area contributed by atoms with Crippen molar-refractivity contribution < 1.29 is 27.5 Å². The third kappa shape index (κ3) is 8.48. The van der Waals surface area contributed by atoms with E-state index in [4.69, 9.17) is 4.74 Å². The second kappa shape index (κ2) is 15.4. The van der Waals surface area contributed by atoms with Crippen LogP contribution in [0.15, 0.2) is 46.9 Å². The van der Waals surface area contributed by atoms with Crippen molar-refractivity contribution in [1.82, 2.24) is 20.0 Å². The van der Waals surface area contributed by atoms with Crippen molar-refractivity contribution in [3.63, 3.8) is 0 Å². The molecule has 0 radical (unpaired) electrons. The molecular formula is C28H36ClN5O6S2. The summed E-state index contributed by atoms with van der Waals surface area (Å²) in [7, 11) is -4.37. The van der Waals surface area contributed by atoms with Crippen molar-refractivity contribution in [2.45, 2.75) is 75.8 Å². The van der Waals surface area contributed by atoms with Crippen LogP contribution in [0.4, 0.5) is 5.69 Å². The number of aromatic amines is 1. The van der Waals surface area contributed by atoms with E-state index in [0.29, 0.717) is 31.4 Å². The number of nitrogens with one attached hydrogen (secondary N) is 4. The highest BCUT2D eigenvalue weighted by atomic mass is 35.5. The quantitative estimate of drug-likeness (QED) is 0.171. The Morgan fingerprint density at radius 3 is 2.64 bits per heavy atom. The van der Waals surface area contributed by atoms with Crippen LogP contribution in [-0.4, -0.2) is 54.9 Å². The summed E-state index contributed by atoms with van der Waals surface area (Å²) in [6.07, 6.45) is 4.96. The molecule has 2 atom stereocenters. The average molecular weight is 638 g/mol. The first-order chi connectivity index (χ1) is 19.7. The molecule has 1 amide bonds. The van der Waals surface area contributed by atoms with Gasteiger partial charge in [0, 0.05) is 22.6 Å². The van der Waals surface area contributed by atoms with Crippen molar-refractivity contribution in [1.29, 1.82) is 0 Å². The molecule has 1 aliphatic rings. The number of aryl methyl sites for hydroxylation is 2. The molecule has 4 N–H and O–H groups in total. The first-order valence-corrected chi connectivity index (χ1v) is 16.0. The number of imidazole rings is 1. The number of aromatic nitrogens is 2. The number of hydrogen-bond acceptors (Lipinski definition) is 9. The minimum atomic E-state index is -4.37. The number of rotatable bonds is 12. The Bertz CT molecular complexity index is 1470. The lowest BCUT2D eigenvalue weighted by atomic mass is 10.1. The fraction of sp³-hybridized carbons (Fsp3) is 0.429. The van der Waals surface area contributed by atoms with Crippen LogP contribution >= 0.6 is 23.7 Å². The lowest BCUT2D eigenvalue weighted by molar-refractivity contribution is -0.162. The number of sulfonamides is 1. The van der Waals surface area contributed by atoms with Gasteiger partial charge in [0.15, 0.2) is 0 Å². The second-order valence-electron chi connectivity index (χ2n) is 9.84. The van der Waals surface area contributed by atoms with Gasteiger partial charge >= 0.3 is 11.9 Å². The number of H-pyrrole nitrogens is 1. The maximum Gasteiger partial charge on any atom is 0.331 e. The van der Waals surface area contributed by atoms with Crippen molar-refractivity contribution >= 4 is 57.3 Å². The summed E-state index contributed by atoms with van der Waals surface area (Å²) in [6.45, 7) is 4.18. The summed E-state index contributed by atoms with van der Waals surface area (Å²) in [6, 6.07) is 6.38. The van der Waals surface area contributed by atoms with Crippen molar-refractivity contribution in [2.75, 3.05) is 11.9 Å². The number of anilines is 1. The van der Waals surface area contributed by atoms with Gasteiger partial charge < -0.3 is 20.4 Å². The molecule has 0 saturated carbocycles. The predicted molar refractivity (Wildman–Crippen MR) is 163 cm³/mol. The molecule has 1 aromatic carbocycles. The summed E-state index contributed by atoms with van der Waals surface area (Å²) in [5.74, 6) is -2.06. The van der Waals surface area contributed by atoms with E-state index in [1.165, 1.54) is 17.4 Å². The first kappa shape index (κ1) is 33.4. The van der Waals surface area contributed by atoms with Crippen LogP contribution in [0.1, 0.15) is 56.8 Å². The Morgan fingerprint density at radius 1 is 1.19 bits per heavy atom. The minimum absolute atomic E-state index is 0. The van der Waals surface area contributed by atoms with Gasteiger partial charge in [-0.25, -0.2) is 23.0 Å². The summed E-state index contributed by atoms with van der Waals surface area (Å²) in [5, 5.41) is 7.62. The molecule has 1 fully saturated rings. The van der Waals surface area contributed by atoms with E-state index in [9.17, 15) is 22.8 Å². The fourth-order valence-corrected chi connectivity index (χ4v) is 6.79. The van der Waals surface area contributed by atoms with Gasteiger partial charge in [0.25, 0.3) is 0 Å². The molecular weight excluding hydrogens is 602 g/mol. The molecule has 228 valence electrons. The third-order valence-electron chi connectivity index (χ3n) is 6.91. The molecule has 4 rings (SSSR count). The second-order valence-corrected chi connectivity index (χ2v) is 12.5. The lowest BCUT2D eigenvalue weighted by Crippen LogP contribution is -2.46. The van der Waals surface area contributed by atoms with E-state index in [-0.39, 0.29) is 41.7 Å². The summed E-state index contributed by atoms with van der Waals surface area (Å²) in [4.78, 5) is 46.2. The number of piperidine rings is 1. The number of carbonyl (C=O) groups is 3. The SMILES string of the molecule is CCC(=O)Nc1c(-c2cccs2)cccc1S(=O)(=O)NC(CCCc1nc[nH]c1C)C(=O)OC(=O)C1CCCCN1.Cl. The van der Waals surface area contributed by atoms with Crippen LogP contribution in [0.3, 0.4) is 0 Å². The highest BCUT2D eigenvalue weighted by Gasteiger charge is 2.33. The molecule has 3 heterocycles. The van der Waals surface area contributed by atoms with Crippen LogP contribution in [0, 0.1) is 6.92 Å². The monoisotopic (exact) mass is 637 g/mol. The molecule has 42 heavy (non-hydrogen) atoms. The zero-order valence-electron chi connectivity index (χ0n) is 23.5. The van der Waals surface area contributed by atoms with Crippen LogP contribution in [0.2, 0.25) is 0 Å². The normalized spacial score (nSPS) is 15.8. The van der Waals surface area contributed by atoms with E-state index in [1.54, 1.807) is 25.4 Å². The predicted octanol–water partition coefficient (Wildman–Crippen LogP) is 4.10. The Balaban J connectivity index is 0.00000484. The van der Waals surface area contributed by atoms with E-state index >= 15 is 0 Å². The zero-order chi connectivity index (χ0) is 29.4. The van der Waals surface area contributed by atoms with E-state index < -0.39 is 34.0 Å². The Kier molecular flexibility index (Phi) is 12.2. The number of carbonyl (C=O) groups excluding carboxylic acids is 3. The van der Waals surface area contributed by atoms with Crippen LogP contribution in [0.25, 0.3) is 10.4 Å². The van der Waals surface area contributed by atoms with Crippen LogP contribution < -0.4 is 15.4 Å². The van der Waals surface area contributed by atoms with Crippen molar-refractivity contribution in [2.24, 2.45) is 0 Å². The number of esters is 2. The number of amides is 1. The Morgan fingerprint density at radius 2 is 2.00 bits per heavy atom. The third-order valence-corrected chi connectivity index (χ3v) is 9.32. The van der Waals surface area contributed by atoms with Gasteiger partial charge in [0.2, 0.25) is 15.9 Å². The number of thiophene rings is 1. The molecule has 2 aromatic heterocycles. The maximum atomic E-state index is 13.8. The van der Waals surface area contributed by atoms with Crippen LogP contribution in [0.5, 0.6) is 0 Å². The molecule has 0 aliphatic carbocycles. The van der Waals surface area contributed by atoms with Gasteiger partial charge in [-0.05, 0) is 63.1 Å². The summed E-state index contributed by atoms with van der Waals surface area (Å²) in [5.41, 5.74) is 2.34. The molecule has 0 spiro atoms. The highest BCUT2D eigenvalue weighted by molar-refractivity contribution is 7.89. The number of halogens is 1. The van der Waals surface area contributed by atoms with Crippen LogP contribution in [-0.2, 0) is 35.6 Å². The van der Waals surface area contributed by atoms with Gasteiger partial charge in [-0.3, -0.25) is 4.79 Å². The molecule has 0 bridgehead atoms.